The zero-order valence-corrected chi connectivity index (χ0v) is 34.9. The molecule has 19 heteroatoms. The number of nitrogens with zero attached hydrogens (tertiary/aromatic N) is 9. The van der Waals surface area contributed by atoms with Crippen molar-refractivity contribution in [2.24, 2.45) is 5.92 Å². The minimum atomic E-state index is -1.10. The van der Waals surface area contributed by atoms with E-state index >= 15 is 4.39 Å². The molecule has 2 aromatic carbocycles. The Morgan fingerprint density at radius 2 is 1.60 bits per heavy atom. The fourth-order valence-corrected chi connectivity index (χ4v) is 9.63. The van der Waals surface area contributed by atoms with E-state index in [-0.39, 0.29) is 52.8 Å². The molecule has 3 saturated heterocycles. The lowest BCUT2D eigenvalue weighted by Gasteiger charge is -2.40. The maximum absolute atomic E-state index is 15.5. The van der Waals surface area contributed by atoms with Crippen LogP contribution in [-0.4, -0.2) is 122 Å². The molecule has 1 aliphatic carbocycles. The van der Waals surface area contributed by atoms with Crippen molar-refractivity contribution in [3.05, 3.63) is 95.0 Å². The summed E-state index contributed by atoms with van der Waals surface area (Å²) in [4.78, 5) is 88.6. The summed E-state index contributed by atoms with van der Waals surface area (Å²) in [7, 11) is 0. The van der Waals surface area contributed by atoms with Gasteiger partial charge in [-0.2, -0.15) is 0 Å². The number of pyridine rings is 1. The van der Waals surface area contributed by atoms with Crippen LogP contribution in [0.5, 0.6) is 0 Å². The number of benzene rings is 2. The van der Waals surface area contributed by atoms with Crippen molar-refractivity contribution in [2.75, 3.05) is 60.9 Å². The Balaban J connectivity index is 0.687. The summed E-state index contributed by atoms with van der Waals surface area (Å²) in [5.41, 5.74) is 4.02. The molecule has 1 saturated carbocycles. The number of anilines is 4. The Morgan fingerprint density at radius 3 is 2.33 bits per heavy atom. The van der Waals surface area contributed by atoms with Crippen molar-refractivity contribution in [1.82, 2.24) is 44.9 Å². The van der Waals surface area contributed by atoms with Crippen LogP contribution in [0.15, 0.2) is 67.3 Å². The van der Waals surface area contributed by atoms with Crippen LogP contribution in [-0.2, 0) is 9.59 Å². The third-order valence-electron chi connectivity index (χ3n) is 13.0. The van der Waals surface area contributed by atoms with Gasteiger partial charge in [0.2, 0.25) is 11.8 Å². The van der Waals surface area contributed by atoms with Crippen molar-refractivity contribution < 1.29 is 28.4 Å². The predicted octanol–water partition coefficient (Wildman–Crippen LogP) is 4.33. The summed E-state index contributed by atoms with van der Waals surface area (Å²) >= 11 is 5.95. The third-order valence-corrected chi connectivity index (χ3v) is 13.2. The molecule has 5 aliphatic rings. The van der Waals surface area contributed by atoms with E-state index < -0.39 is 35.5 Å². The Morgan fingerprint density at radius 1 is 0.857 bits per heavy atom. The first-order valence-electron chi connectivity index (χ1n) is 21.3. The van der Waals surface area contributed by atoms with E-state index in [4.69, 9.17) is 11.6 Å². The second-order valence-electron chi connectivity index (χ2n) is 16.9. The van der Waals surface area contributed by atoms with Crippen molar-refractivity contribution in [1.29, 1.82) is 0 Å². The quantitative estimate of drug-likeness (QED) is 0.133. The number of rotatable bonds is 10. The molecule has 63 heavy (non-hydrogen) atoms. The van der Waals surface area contributed by atoms with Crippen LogP contribution in [0.3, 0.4) is 0 Å². The monoisotopic (exact) mass is 874 g/mol. The molecule has 5 aromatic rings. The fourth-order valence-electron chi connectivity index (χ4n) is 9.46. The van der Waals surface area contributed by atoms with Crippen molar-refractivity contribution in [3.63, 3.8) is 0 Å². The Bertz CT molecular complexity index is 2640. The number of halogens is 2. The Kier molecular flexibility index (Phi) is 10.7. The molecule has 4 fully saturated rings. The number of aromatic nitrogens is 5. The SMILES string of the molecule is O=C1CC[C@H](N2C(=O)c3cc(F)c(N4CCC(CN5CCN(c6ccc(Nc7ncnc8c7ncn8C7CC(NC(=O)c8cccc(Cl)n8)C7)cc6)CC5)CC4)cc3C2=O)C(=O)N1. The third kappa shape index (κ3) is 7.92. The molecule has 0 unspecified atom stereocenters. The molecular weight excluding hydrogens is 831 g/mol. The first-order chi connectivity index (χ1) is 30.6. The molecule has 1 atom stereocenters. The normalized spacial score (nSPS) is 22.0. The van der Waals surface area contributed by atoms with E-state index in [1.165, 1.54) is 12.4 Å². The average molecular weight is 875 g/mol. The van der Waals surface area contributed by atoms with E-state index in [9.17, 15) is 24.0 Å². The summed E-state index contributed by atoms with van der Waals surface area (Å²) in [5, 5.41) is 8.91. The topological polar surface area (TPSA) is 191 Å². The van der Waals surface area contributed by atoms with Gasteiger partial charge in [0.1, 0.15) is 29.0 Å². The van der Waals surface area contributed by atoms with Crippen LogP contribution in [0.1, 0.15) is 75.8 Å². The molecular formula is C44H44ClFN12O5. The van der Waals surface area contributed by atoms with E-state index in [2.05, 4.69) is 57.8 Å². The van der Waals surface area contributed by atoms with Crippen LogP contribution in [0.4, 0.5) is 27.3 Å². The summed E-state index contributed by atoms with van der Waals surface area (Å²) < 4.78 is 17.5. The highest BCUT2D eigenvalue weighted by molar-refractivity contribution is 6.29. The molecule has 0 spiro atoms. The van der Waals surface area contributed by atoms with Crippen LogP contribution in [0, 0.1) is 11.7 Å². The number of fused-ring (bicyclic) bond motifs is 2. The number of imide groups is 2. The summed E-state index contributed by atoms with van der Waals surface area (Å²) in [6, 6.07) is 14.9. The maximum atomic E-state index is 15.5. The molecule has 0 radical (unpaired) electrons. The highest BCUT2D eigenvalue weighted by Gasteiger charge is 2.45. The van der Waals surface area contributed by atoms with Crippen molar-refractivity contribution >= 4 is 75.2 Å². The number of piperazine rings is 1. The fraction of sp³-hybridized carbons (Fsp3) is 0.386. The zero-order valence-electron chi connectivity index (χ0n) is 34.2. The van der Waals surface area contributed by atoms with Gasteiger partial charge >= 0.3 is 0 Å². The van der Waals surface area contributed by atoms with Gasteiger partial charge in [-0.15, -0.1) is 0 Å². The molecule has 17 nitrogen and oxygen atoms in total. The predicted molar refractivity (Wildman–Crippen MR) is 230 cm³/mol. The lowest BCUT2D eigenvalue weighted by atomic mass is 9.86. The minimum Gasteiger partial charge on any atom is -0.369 e. The van der Waals surface area contributed by atoms with Gasteiger partial charge in [0.25, 0.3) is 17.7 Å². The number of nitrogens with one attached hydrogen (secondary N) is 3. The Labute approximate surface area is 366 Å². The molecule has 7 heterocycles. The highest BCUT2D eigenvalue weighted by atomic mass is 35.5. The lowest BCUT2D eigenvalue weighted by Crippen LogP contribution is -2.54. The number of hydrogen-bond donors (Lipinski definition) is 3. The number of amides is 5. The van der Waals surface area contributed by atoms with E-state index in [0.717, 1.165) is 86.4 Å². The molecule has 5 amide bonds. The molecule has 10 rings (SSSR count). The van der Waals surface area contributed by atoms with E-state index in [1.807, 2.05) is 21.6 Å². The molecule has 324 valence electrons. The van der Waals surface area contributed by atoms with Crippen LogP contribution >= 0.6 is 11.6 Å². The summed E-state index contributed by atoms with van der Waals surface area (Å²) in [6.07, 6.45) is 6.60. The van der Waals surface area contributed by atoms with Crippen LogP contribution < -0.4 is 25.8 Å². The zero-order chi connectivity index (χ0) is 43.4. The van der Waals surface area contributed by atoms with Gasteiger partial charge in [-0.1, -0.05) is 17.7 Å². The standard InChI is InChI=1S/C44H44ClFN12O5/c45-36-3-1-2-33(52-36)41(60)51-27-18-29(19-27)57-24-49-38-39(47-23-48-40(38)57)50-26-4-6-28(7-5-26)55-16-14-54(15-17-55)22-25-10-12-56(13-11-25)35-21-31-30(20-32(35)46)43(62)58(44(31)63)34-8-9-37(59)53-42(34)61/h1-7,20-21,23-25,27,29,34H,8-19,22H2,(H,51,60)(H,47,48,50)(H,53,59,61)/t27?,29?,34-/m0/s1. The highest BCUT2D eigenvalue weighted by Crippen LogP contribution is 2.37. The van der Waals surface area contributed by atoms with E-state index in [0.29, 0.717) is 36.0 Å². The first kappa shape index (κ1) is 40.5. The van der Waals surface area contributed by atoms with Gasteiger partial charge < -0.3 is 25.0 Å². The Hall–Kier alpha value is -6.53. The van der Waals surface area contributed by atoms with Gasteiger partial charge in [-0.05, 0) is 86.6 Å². The number of imidazole rings is 1. The number of piperidine rings is 2. The first-order valence-corrected chi connectivity index (χ1v) is 21.7. The number of hydrogen-bond acceptors (Lipinski definition) is 13. The number of carbonyl (C=O) groups is 5. The van der Waals surface area contributed by atoms with Gasteiger partial charge in [0, 0.05) is 75.7 Å². The summed E-state index contributed by atoms with van der Waals surface area (Å²) in [6.45, 7) is 5.82. The average Bonchev–Trinajstić information content (AvgIpc) is 3.80. The van der Waals surface area contributed by atoms with Gasteiger partial charge in [-0.3, -0.25) is 39.1 Å². The summed E-state index contributed by atoms with van der Waals surface area (Å²) in [5.74, 6) is -2.26. The molecule has 0 bridgehead atoms. The van der Waals surface area contributed by atoms with Crippen molar-refractivity contribution in [2.45, 2.75) is 56.7 Å². The minimum absolute atomic E-state index is 0.0125. The van der Waals surface area contributed by atoms with Crippen molar-refractivity contribution in [3.8, 4) is 0 Å². The number of carbonyl (C=O) groups excluding carboxylic acids is 5. The van der Waals surface area contributed by atoms with Gasteiger partial charge in [0.05, 0.1) is 23.1 Å². The molecule has 4 aliphatic heterocycles. The van der Waals surface area contributed by atoms with Crippen LogP contribution in [0.2, 0.25) is 5.15 Å². The lowest BCUT2D eigenvalue weighted by molar-refractivity contribution is -0.136. The van der Waals surface area contributed by atoms with Crippen LogP contribution in [0.25, 0.3) is 11.2 Å². The largest absolute Gasteiger partial charge is 0.369 e. The smallest absolute Gasteiger partial charge is 0.270 e. The van der Waals surface area contributed by atoms with E-state index in [1.54, 1.807) is 24.5 Å². The van der Waals surface area contributed by atoms with Gasteiger partial charge in [0.15, 0.2) is 17.0 Å². The second kappa shape index (κ2) is 16.6. The molecule has 3 N–H and O–H groups in total. The maximum Gasteiger partial charge on any atom is 0.270 e. The molecule has 3 aromatic heterocycles. The van der Waals surface area contributed by atoms with Gasteiger partial charge in [-0.25, -0.2) is 24.3 Å². The second-order valence-corrected chi connectivity index (χ2v) is 17.3.